The van der Waals surface area contributed by atoms with Gasteiger partial charge in [0.1, 0.15) is 5.67 Å². The molecule has 0 saturated carbocycles. The monoisotopic (exact) mass is 463 g/mol. The number of nitrogens with zero attached hydrogens (tertiary/aromatic N) is 2. The van der Waals surface area contributed by atoms with Gasteiger partial charge in [0.25, 0.3) is 5.91 Å². The number of carbonyl (C=O) groups is 1. The summed E-state index contributed by atoms with van der Waals surface area (Å²) in [4.78, 5) is 21.5. The van der Waals surface area contributed by atoms with Gasteiger partial charge in [0, 0.05) is 48.6 Å². The van der Waals surface area contributed by atoms with Gasteiger partial charge in [-0.2, -0.15) is 4.39 Å². The molecule has 1 N–H and O–H groups in total. The minimum absolute atomic E-state index is 0.166. The van der Waals surface area contributed by atoms with E-state index in [0.717, 1.165) is 5.69 Å². The Bertz CT molecular complexity index is 1070. The lowest BCUT2D eigenvalue weighted by Crippen LogP contribution is -2.47. The van der Waals surface area contributed by atoms with E-state index in [-0.39, 0.29) is 38.3 Å². The van der Waals surface area contributed by atoms with Crippen LogP contribution in [0.5, 0.6) is 0 Å². The van der Waals surface area contributed by atoms with Crippen molar-refractivity contribution in [3.63, 3.8) is 0 Å². The minimum atomic E-state index is -1.56. The first-order valence-corrected chi connectivity index (χ1v) is 10.8. The summed E-state index contributed by atoms with van der Waals surface area (Å²) in [5.74, 6) is -1.32. The normalized spacial score (nSPS) is 16.8. The number of carbonyl (C=O) groups excluding carboxylic acids is 1. The third-order valence-corrected chi connectivity index (χ3v) is 6.60. The molecule has 1 amide bonds. The highest BCUT2D eigenvalue weighted by atomic mass is 35.5. The number of H-pyrrole nitrogens is 1. The average molecular weight is 464 g/mol. The molecule has 0 bridgehead atoms. The third kappa shape index (κ3) is 4.75. The van der Waals surface area contributed by atoms with Gasteiger partial charge in [-0.15, -0.1) is 0 Å². The molecule has 0 aliphatic carbocycles. The largest absolute Gasteiger partial charge is 0.365 e. The van der Waals surface area contributed by atoms with E-state index in [2.05, 4.69) is 9.97 Å². The molecule has 3 heterocycles. The average Bonchev–Trinajstić information content (AvgIpc) is 3.28. The molecule has 1 aliphatic heterocycles. The summed E-state index contributed by atoms with van der Waals surface area (Å²) in [7, 11) is 0. The summed E-state index contributed by atoms with van der Waals surface area (Å²) in [5.41, 5.74) is 0.0854. The summed E-state index contributed by atoms with van der Waals surface area (Å²) < 4.78 is 29.8. The van der Waals surface area contributed by atoms with Gasteiger partial charge in [-0.1, -0.05) is 29.3 Å². The molecule has 1 fully saturated rings. The van der Waals surface area contributed by atoms with Crippen molar-refractivity contribution < 1.29 is 13.6 Å². The lowest BCUT2D eigenvalue weighted by molar-refractivity contribution is 0.0284. The zero-order valence-corrected chi connectivity index (χ0v) is 18.1. The molecule has 1 saturated heterocycles. The maximum Gasteiger partial charge on any atom is 0.253 e. The van der Waals surface area contributed by atoms with Crippen molar-refractivity contribution in [1.82, 2.24) is 14.9 Å². The SMILES string of the molecule is O=C(c1ccc(Cl)c(Cl)c1)N1CCC(F)(C(Cc2cccc(F)n2)c2ccc[nH]2)CC1. The predicted octanol–water partition coefficient (Wildman–Crippen LogP) is 5.83. The van der Waals surface area contributed by atoms with E-state index in [1.807, 2.05) is 12.1 Å². The second kappa shape index (κ2) is 8.97. The summed E-state index contributed by atoms with van der Waals surface area (Å²) >= 11 is 12.0. The Morgan fingerprint density at radius 1 is 1.13 bits per heavy atom. The molecule has 162 valence electrons. The Morgan fingerprint density at radius 3 is 2.55 bits per heavy atom. The number of rotatable bonds is 5. The lowest BCUT2D eigenvalue weighted by atomic mass is 9.76. The van der Waals surface area contributed by atoms with Crippen LogP contribution in [0.15, 0.2) is 54.7 Å². The van der Waals surface area contributed by atoms with E-state index < -0.39 is 17.5 Å². The van der Waals surface area contributed by atoms with Crippen LogP contribution in [0.3, 0.4) is 0 Å². The number of hydrogen-bond donors (Lipinski definition) is 1. The van der Waals surface area contributed by atoms with Gasteiger partial charge in [-0.05, 0) is 55.3 Å². The van der Waals surface area contributed by atoms with Crippen molar-refractivity contribution in [2.45, 2.75) is 30.8 Å². The van der Waals surface area contributed by atoms with Crippen molar-refractivity contribution in [1.29, 1.82) is 0 Å². The molecule has 1 aromatic carbocycles. The van der Waals surface area contributed by atoms with Gasteiger partial charge in [0.15, 0.2) is 0 Å². The first-order valence-electron chi connectivity index (χ1n) is 10.0. The molecular formula is C23H21Cl2F2N3O. The van der Waals surface area contributed by atoms with Crippen molar-refractivity contribution in [3.05, 3.63) is 87.7 Å². The fraction of sp³-hybridized carbons (Fsp3) is 0.304. The van der Waals surface area contributed by atoms with Crippen LogP contribution in [0, 0.1) is 5.95 Å². The van der Waals surface area contributed by atoms with E-state index >= 15 is 4.39 Å². The Kier molecular flexibility index (Phi) is 6.30. The number of likely N-dealkylation sites (tertiary alicyclic amines) is 1. The molecule has 0 radical (unpaired) electrons. The minimum Gasteiger partial charge on any atom is -0.365 e. The summed E-state index contributed by atoms with van der Waals surface area (Å²) in [5, 5.41) is 0.679. The Labute approximate surface area is 189 Å². The highest BCUT2D eigenvalue weighted by Gasteiger charge is 2.44. The summed E-state index contributed by atoms with van der Waals surface area (Å²) in [6.07, 6.45) is 2.33. The molecule has 3 aromatic rings. The molecule has 2 aromatic heterocycles. The molecule has 31 heavy (non-hydrogen) atoms. The number of nitrogens with one attached hydrogen (secondary N) is 1. The van der Waals surface area contributed by atoms with Crippen molar-refractivity contribution >= 4 is 29.1 Å². The third-order valence-electron chi connectivity index (χ3n) is 5.86. The fourth-order valence-electron chi connectivity index (χ4n) is 4.15. The molecule has 1 unspecified atom stereocenters. The van der Waals surface area contributed by atoms with E-state index in [4.69, 9.17) is 23.2 Å². The van der Waals surface area contributed by atoms with Crippen LogP contribution >= 0.6 is 23.2 Å². The summed E-state index contributed by atoms with van der Waals surface area (Å²) in [6.45, 7) is 0.534. The number of piperidine rings is 1. The topological polar surface area (TPSA) is 49.0 Å². The Morgan fingerprint density at radius 2 is 1.90 bits per heavy atom. The van der Waals surface area contributed by atoms with Crippen molar-refractivity contribution in [2.75, 3.05) is 13.1 Å². The lowest BCUT2D eigenvalue weighted by Gasteiger charge is -2.41. The van der Waals surface area contributed by atoms with Crippen LogP contribution in [0.2, 0.25) is 10.0 Å². The number of aromatic amines is 1. The van der Waals surface area contributed by atoms with Gasteiger partial charge in [-0.3, -0.25) is 4.79 Å². The van der Waals surface area contributed by atoms with Crippen LogP contribution in [-0.2, 0) is 6.42 Å². The Balaban J connectivity index is 1.51. The fourth-order valence-corrected chi connectivity index (χ4v) is 4.45. The van der Waals surface area contributed by atoms with Crippen molar-refractivity contribution in [3.8, 4) is 0 Å². The first kappa shape index (κ1) is 21.8. The van der Waals surface area contributed by atoms with E-state index in [0.29, 0.717) is 21.3 Å². The standard InChI is InChI=1S/C23H21Cl2F2N3O/c24-18-7-6-15(13-19(18)25)22(31)30-11-8-23(27,9-12-30)17(20-4-2-10-28-20)14-16-3-1-5-21(26)29-16/h1-7,10,13,17,28H,8-9,11-12,14H2. The molecule has 0 spiro atoms. The van der Waals surface area contributed by atoms with E-state index in [9.17, 15) is 9.18 Å². The van der Waals surface area contributed by atoms with Crippen LogP contribution in [0.25, 0.3) is 0 Å². The van der Waals surface area contributed by atoms with Crippen LogP contribution in [-0.4, -0.2) is 39.5 Å². The van der Waals surface area contributed by atoms with Crippen LogP contribution < -0.4 is 0 Å². The van der Waals surface area contributed by atoms with Crippen LogP contribution in [0.1, 0.15) is 40.5 Å². The number of hydrogen-bond acceptors (Lipinski definition) is 2. The van der Waals surface area contributed by atoms with Gasteiger partial charge in [-0.25, -0.2) is 9.37 Å². The number of pyridine rings is 1. The second-order valence-electron chi connectivity index (χ2n) is 7.79. The smallest absolute Gasteiger partial charge is 0.253 e. The Hall–Kier alpha value is -2.44. The van der Waals surface area contributed by atoms with Crippen LogP contribution in [0.4, 0.5) is 8.78 Å². The molecule has 4 rings (SSSR count). The number of amides is 1. The molecule has 8 heteroatoms. The quantitative estimate of drug-likeness (QED) is 0.484. The van der Waals surface area contributed by atoms with Gasteiger partial charge >= 0.3 is 0 Å². The van der Waals surface area contributed by atoms with E-state index in [1.165, 1.54) is 12.1 Å². The molecule has 1 atom stereocenters. The zero-order valence-electron chi connectivity index (χ0n) is 16.6. The maximum atomic E-state index is 16.2. The highest BCUT2D eigenvalue weighted by molar-refractivity contribution is 6.42. The molecule has 1 aliphatic rings. The van der Waals surface area contributed by atoms with E-state index in [1.54, 1.807) is 35.4 Å². The maximum absolute atomic E-state index is 16.2. The number of benzene rings is 1. The zero-order chi connectivity index (χ0) is 22.0. The first-order chi connectivity index (χ1) is 14.9. The molecular weight excluding hydrogens is 443 g/mol. The number of halogens is 4. The van der Waals surface area contributed by atoms with Crippen molar-refractivity contribution in [2.24, 2.45) is 0 Å². The number of alkyl halides is 1. The summed E-state index contributed by atoms with van der Waals surface area (Å²) in [6, 6.07) is 12.9. The van der Waals surface area contributed by atoms with Gasteiger partial charge in [0.2, 0.25) is 5.95 Å². The predicted molar refractivity (Wildman–Crippen MR) is 117 cm³/mol. The van der Waals surface area contributed by atoms with Gasteiger partial charge < -0.3 is 9.88 Å². The second-order valence-corrected chi connectivity index (χ2v) is 8.60. The van der Waals surface area contributed by atoms with Gasteiger partial charge in [0.05, 0.1) is 10.0 Å². The highest BCUT2D eigenvalue weighted by Crippen LogP contribution is 2.42. The number of aromatic nitrogens is 2. The molecule has 4 nitrogen and oxygen atoms in total.